The molecule has 0 saturated heterocycles. The number of rotatable bonds is 12. The molecule has 2 heteroatoms. The van der Waals surface area contributed by atoms with Crippen LogP contribution in [0.2, 0.25) is 0 Å². The maximum absolute atomic E-state index is 12.4. The molecule has 132 valence electrons. The standard InChI is InChI=1S/C20H40O2/c1-7-8-9-10-11-12-13-18(16(2)14-17(3)21)15-19(22)20(4,5)6/h16-18,21H,7-15H2,1-6H3/t16-,17-,18-/m1/s1. The number of carbonyl (C=O) groups excluding carboxylic acids is 1. The number of hydrogen-bond donors (Lipinski definition) is 1. The van der Waals surface area contributed by atoms with Crippen molar-refractivity contribution in [3.63, 3.8) is 0 Å². The molecule has 1 N–H and O–H groups in total. The fraction of sp³-hybridized carbons (Fsp3) is 0.950. The Morgan fingerprint density at radius 2 is 1.55 bits per heavy atom. The average Bonchev–Trinajstić information content (AvgIpc) is 2.39. The number of carbonyl (C=O) groups is 1. The van der Waals surface area contributed by atoms with Gasteiger partial charge in [0.25, 0.3) is 0 Å². The zero-order valence-electron chi connectivity index (χ0n) is 16.0. The van der Waals surface area contributed by atoms with Gasteiger partial charge in [-0.3, -0.25) is 4.79 Å². The van der Waals surface area contributed by atoms with E-state index in [9.17, 15) is 9.90 Å². The maximum Gasteiger partial charge on any atom is 0.138 e. The van der Waals surface area contributed by atoms with Crippen molar-refractivity contribution in [3.8, 4) is 0 Å². The molecule has 0 aliphatic carbocycles. The predicted molar refractivity (Wildman–Crippen MR) is 96.0 cm³/mol. The quantitative estimate of drug-likeness (QED) is 0.465. The van der Waals surface area contributed by atoms with Crippen LogP contribution in [0.5, 0.6) is 0 Å². The number of aliphatic hydroxyl groups is 1. The van der Waals surface area contributed by atoms with Gasteiger partial charge in [-0.1, -0.05) is 73.1 Å². The molecular formula is C20H40O2. The van der Waals surface area contributed by atoms with Gasteiger partial charge in [-0.2, -0.15) is 0 Å². The Balaban J connectivity index is 4.37. The second-order valence-corrected chi connectivity index (χ2v) is 8.26. The van der Waals surface area contributed by atoms with Gasteiger partial charge in [0.2, 0.25) is 0 Å². The van der Waals surface area contributed by atoms with Crippen LogP contribution in [0.15, 0.2) is 0 Å². The zero-order chi connectivity index (χ0) is 17.2. The Morgan fingerprint density at radius 1 is 1.00 bits per heavy atom. The first kappa shape index (κ1) is 21.6. The lowest BCUT2D eigenvalue weighted by molar-refractivity contribution is -0.127. The molecule has 0 spiro atoms. The van der Waals surface area contributed by atoms with Crippen molar-refractivity contribution in [2.45, 2.75) is 105 Å². The van der Waals surface area contributed by atoms with Gasteiger partial charge in [0.15, 0.2) is 0 Å². The first-order valence-electron chi connectivity index (χ1n) is 9.39. The molecule has 0 bridgehead atoms. The molecule has 0 radical (unpaired) electrons. The average molecular weight is 313 g/mol. The minimum Gasteiger partial charge on any atom is -0.393 e. The third kappa shape index (κ3) is 10.4. The Hall–Kier alpha value is -0.370. The fourth-order valence-corrected chi connectivity index (χ4v) is 3.05. The van der Waals surface area contributed by atoms with Crippen LogP contribution in [0.1, 0.15) is 99.3 Å². The van der Waals surface area contributed by atoms with Gasteiger partial charge in [0.05, 0.1) is 6.10 Å². The first-order valence-corrected chi connectivity index (χ1v) is 9.39. The van der Waals surface area contributed by atoms with E-state index >= 15 is 0 Å². The Kier molecular flexibility index (Phi) is 11.0. The molecular weight excluding hydrogens is 272 g/mol. The number of unbranched alkanes of at least 4 members (excludes halogenated alkanes) is 5. The molecule has 0 aromatic heterocycles. The highest BCUT2D eigenvalue weighted by molar-refractivity contribution is 5.83. The third-order valence-electron chi connectivity index (χ3n) is 4.73. The maximum atomic E-state index is 12.4. The molecule has 0 amide bonds. The van der Waals surface area contributed by atoms with Crippen LogP contribution < -0.4 is 0 Å². The highest BCUT2D eigenvalue weighted by Crippen LogP contribution is 2.30. The lowest BCUT2D eigenvalue weighted by Gasteiger charge is -2.27. The third-order valence-corrected chi connectivity index (χ3v) is 4.73. The van der Waals surface area contributed by atoms with Crippen molar-refractivity contribution < 1.29 is 9.90 Å². The van der Waals surface area contributed by atoms with Gasteiger partial charge < -0.3 is 5.11 Å². The van der Waals surface area contributed by atoms with E-state index in [2.05, 4.69) is 13.8 Å². The van der Waals surface area contributed by atoms with Crippen molar-refractivity contribution >= 4 is 5.78 Å². The van der Waals surface area contributed by atoms with Crippen LogP contribution in [0.25, 0.3) is 0 Å². The van der Waals surface area contributed by atoms with Crippen molar-refractivity contribution in [1.29, 1.82) is 0 Å². The van der Waals surface area contributed by atoms with Gasteiger partial charge in [0.1, 0.15) is 5.78 Å². The van der Waals surface area contributed by atoms with Crippen LogP contribution in [0.4, 0.5) is 0 Å². The Morgan fingerprint density at radius 3 is 2.05 bits per heavy atom. The molecule has 0 aliphatic rings. The van der Waals surface area contributed by atoms with Crippen LogP contribution in [0.3, 0.4) is 0 Å². The van der Waals surface area contributed by atoms with Gasteiger partial charge in [-0.25, -0.2) is 0 Å². The molecule has 2 nitrogen and oxygen atoms in total. The molecule has 0 rings (SSSR count). The summed E-state index contributed by atoms with van der Waals surface area (Å²) in [6, 6.07) is 0. The smallest absolute Gasteiger partial charge is 0.138 e. The summed E-state index contributed by atoms with van der Waals surface area (Å²) in [5.74, 6) is 1.20. The second-order valence-electron chi connectivity index (χ2n) is 8.26. The van der Waals surface area contributed by atoms with E-state index in [-0.39, 0.29) is 11.5 Å². The number of ketones is 1. The molecule has 0 aliphatic heterocycles. The number of Topliss-reactive ketones (excluding diaryl/α,β-unsaturated/α-hetero) is 1. The van der Waals surface area contributed by atoms with E-state index in [1.807, 2.05) is 27.7 Å². The van der Waals surface area contributed by atoms with Crippen molar-refractivity contribution in [1.82, 2.24) is 0 Å². The normalized spacial score (nSPS) is 16.3. The van der Waals surface area contributed by atoms with Gasteiger partial charge in [-0.05, 0) is 31.6 Å². The number of aliphatic hydroxyl groups excluding tert-OH is 1. The van der Waals surface area contributed by atoms with Crippen LogP contribution in [-0.2, 0) is 4.79 Å². The summed E-state index contributed by atoms with van der Waals surface area (Å²) in [7, 11) is 0. The molecule has 0 aromatic carbocycles. The molecule has 0 unspecified atom stereocenters. The zero-order valence-corrected chi connectivity index (χ0v) is 16.0. The topological polar surface area (TPSA) is 37.3 Å². The van der Waals surface area contributed by atoms with Gasteiger partial charge >= 0.3 is 0 Å². The van der Waals surface area contributed by atoms with E-state index in [0.717, 1.165) is 12.8 Å². The summed E-state index contributed by atoms with van der Waals surface area (Å²) >= 11 is 0. The van der Waals surface area contributed by atoms with Crippen molar-refractivity contribution in [3.05, 3.63) is 0 Å². The van der Waals surface area contributed by atoms with Crippen molar-refractivity contribution in [2.75, 3.05) is 0 Å². The lowest BCUT2D eigenvalue weighted by Crippen LogP contribution is -2.26. The van der Waals surface area contributed by atoms with Gasteiger partial charge in [-0.15, -0.1) is 0 Å². The number of hydrogen-bond acceptors (Lipinski definition) is 2. The summed E-state index contributed by atoms with van der Waals surface area (Å²) in [6.07, 6.45) is 10.1. The van der Waals surface area contributed by atoms with Crippen LogP contribution >= 0.6 is 0 Å². The summed E-state index contributed by atoms with van der Waals surface area (Å²) in [4.78, 5) is 12.4. The second kappa shape index (κ2) is 11.2. The Labute approximate surface area is 139 Å². The predicted octanol–water partition coefficient (Wildman–Crippen LogP) is 5.77. The Bertz CT molecular complexity index is 289. The lowest BCUT2D eigenvalue weighted by atomic mass is 9.77. The van der Waals surface area contributed by atoms with Crippen LogP contribution in [0, 0.1) is 17.3 Å². The molecule has 3 atom stereocenters. The minimum atomic E-state index is -0.271. The first-order chi connectivity index (χ1) is 10.2. The summed E-state index contributed by atoms with van der Waals surface area (Å²) in [6.45, 7) is 12.3. The van der Waals surface area contributed by atoms with Crippen molar-refractivity contribution in [2.24, 2.45) is 17.3 Å². The van der Waals surface area contributed by atoms with E-state index in [1.165, 1.54) is 38.5 Å². The van der Waals surface area contributed by atoms with Crippen LogP contribution in [-0.4, -0.2) is 17.0 Å². The molecule has 0 aromatic rings. The molecule has 0 heterocycles. The highest BCUT2D eigenvalue weighted by atomic mass is 16.3. The van der Waals surface area contributed by atoms with E-state index < -0.39 is 0 Å². The molecule has 0 saturated carbocycles. The summed E-state index contributed by atoms with van der Waals surface area (Å²) < 4.78 is 0. The largest absolute Gasteiger partial charge is 0.393 e. The summed E-state index contributed by atoms with van der Waals surface area (Å²) in [5, 5.41) is 9.65. The monoisotopic (exact) mass is 312 g/mol. The minimum absolute atomic E-state index is 0.246. The van der Waals surface area contributed by atoms with Gasteiger partial charge in [0, 0.05) is 11.8 Å². The van der Waals surface area contributed by atoms with E-state index in [0.29, 0.717) is 24.0 Å². The van der Waals surface area contributed by atoms with E-state index in [4.69, 9.17) is 0 Å². The highest BCUT2D eigenvalue weighted by Gasteiger charge is 2.27. The fourth-order valence-electron chi connectivity index (χ4n) is 3.05. The molecule has 22 heavy (non-hydrogen) atoms. The molecule has 0 fully saturated rings. The SMILES string of the molecule is CCCCCCCC[C@H](CC(=O)C(C)(C)C)[C@H](C)C[C@@H](C)O. The summed E-state index contributed by atoms with van der Waals surface area (Å²) in [5.41, 5.74) is -0.246. The van der Waals surface area contributed by atoms with E-state index in [1.54, 1.807) is 0 Å².